The summed E-state index contributed by atoms with van der Waals surface area (Å²) in [5.74, 6) is 2.74. The van der Waals surface area contributed by atoms with Crippen molar-refractivity contribution >= 4 is 0 Å². The van der Waals surface area contributed by atoms with Crippen LogP contribution in [0.2, 0.25) is 0 Å². The normalized spacial score (nSPS) is 12.2. The van der Waals surface area contributed by atoms with Crippen molar-refractivity contribution in [2.24, 2.45) is 0 Å². The smallest absolute Gasteiger partial charge is 0.240 e. The van der Waals surface area contributed by atoms with E-state index in [4.69, 9.17) is 14.0 Å². The predicted octanol–water partition coefficient (Wildman–Crippen LogP) is 2.12. The van der Waals surface area contributed by atoms with Crippen LogP contribution in [-0.2, 0) is 13.0 Å². The largest absolute Gasteiger partial charge is 0.493 e. The summed E-state index contributed by atoms with van der Waals surface area (Å²) in [4.78, 5) is 4.16. The highest BCUT2D eigenvalue weighted by Gasteiger charge is 2.09. The zero-order valence-corrected chi connectivity index (χ0v) is 12.8. The van der Waals surface area contributed by atoms with Crippen LogP contribution in [0.1, 0.15) is 24.2 Å². The Morgan fingerprint density at radius 2 is 2.00 bits per heavy atom. The lowest BCUT2D eigenvalue weighted by Crippen LogP contribution is -2.27. The Labute approximate surface area is 124 Å². The highest BCUT2D eigenvalue weighted by atomic mass is 16.5. The molecule has 1 unspecified atom stereocenters. The molecule has 114 valence electrons. The molecule has 6 nitrogen and oxygen atoms in total. The van der Waals surface area contributed by atoms with Crippen molar-refractivity contribution in [1.29, 1.82) is 0 Å². The van der Waals surface area contributed by atoms with Gasteiger partial charge in [-0.25, -0.2) is 0 Å². The van der Waals surface area contributed by atoms with Gasteiger partial charge < -0.3 is 19.3 Å². The van der Waals surface area contributed by atoms with E-state index in [2.05, 4.69) is 22.4 Å². The average Bonchev–Trinajstić information content (AvgIpc) is 2.90. The number of aromatic nitrogens is 2. The molecule has 0 aliphatic carbocycles. The minimum Gasteiger partial charge on any atom is -0.493 e. The minimum atomic E-state index is 0.273. The first-order chi connectivity index (χ1) is 10.1. The molecule has 0 spiro atoms. The molecule has 6 heteroatoms. The average molecular weight is 291 g/mol. The quantitative estimate of drug-likeness (QED) is 0.842. The van der Waals surface area contributed by atoms with Crippen LogP contribution in [-0.4, -0.2) is 30.4 Å². The van der Waals surface area contributed by atoms with Gasteiger partial charge in [-0.1, -0.05) is 11.2 Å². The standard InChI is InChI=1S/C15H21N3O3/c1-10(16-9-15-17-11(2)18-21-15)7-12-5-6-13(19-3)14(8-12)20-4/h5-6,8,10,16H,7,9H2,1-4H3. The first-order valence-electron chi connectivity index (χ1n) is 6.86. The first kappa shape index (κ1) is 15.3. The van der Waals surface area contributed by atoms with Gasteiger partial charge in [-0.15, -0.1) is 0 Å². The van der Waals surface area contributed by atoms with E-state index in [1.165, 1.54) is 5.56 Å². The van der Waals surface area contributed by atoms with Crippen molar-refractivity contribution in [2.75, 3.05) is 14.2 Å². The van der Waals surface area contributed by atoms with Gasteiger partial charge in [0.15, 0.2) is 17.3 Å². The Balaban J connectivity index is 1.91. The summed E-state index contributed by atoms with van der Waals surface area (Å²) in [5.41, 5.74) is 1.18. The number of nitrogens with zero attached hydrogens (tertiary/aromatic N) is 2. The zero-order chi connectivity index (χ0) is 15.2. The molecule has 0 aliphatic rings. The molecule has 0 saturated heterocycles. The molecule has 0 saturated carbocycles. The van der Waals surface area contributed by atoms with Crippen LogP contribution in [0.25, 0.3) is 0 Å². The number of rotatable bonds is 7. The molecule has 1 aromatic carbocycles. The Bertz CT molecular complexity index is 583. The van der Waals surface area contributed by atoms with Crippen LogP contribution in [0.4, 0.5) is 0 Å². The number of methoxy groups -OCH3 is 2. The molecule has 2 rings (SSSR count). The van der Waals surface area contributed by atoms with Gasteiger partial charge in [0, 0.05) is 6.04 Å². The van der Waals surface area contributed by atoms with Crippen LogP contribution in [0.5, 0.6) is 11.5 Å². The fraction of sp³-hybridized carbons (Fsp3) is 0.467. The van der Waals surface area contributed by atoms with E-state index in [1.807, 2.05) is 18.2 Å². The number of benzene rings is 1. The van der Waals surface area contributed by atoms with E-state index < -0.39 is 0 Å². The summed E-state index contributed by atoms with van der Waals surface area (Å²) in [6, 6.07) is 6.22. The maximum atomic E-state index is 5.31. The van der Waals surface area contributed by atoms with Crippen molar-refractivity contribution in [3.05, 3.63) is 35.5 Å². The van der Waals surface area contributed by atoms with Gasteiger partial charge in [-0.05, 0) is 38.0 Å². The zero-order valence-electron chi connectivity index (χ0n) is 12.8. The van der Waals surface area contributed by atoms with Crippen LogP contribution >= 0.6 is 0 Å². The van der Waals surface area contributed by atoms with Gasteiger partial charge in [0.2, 0.25) is 5.89 Å². The topological polar surface area (TPSA) is 69.4 Å². The molecule has 2 aromatic rings. The van der Waals surface area contributed by atoms with Gasteiger partial charge >= 0.3 is 0 Å². The van der Waals surface area contributed by atoms with E-state index in [0.717, 1.165) is 17.9 Å². The molecule has 1 heterocycles. The molecule has 1 N–H and O–H groups in total. The molecule has 0 bridgehead atoms. The molecule has 0 radical (unpaired) electrons. The first-order valence-corrected chi connectivity index (χ1v) is 6.86. The van der Waals surface area contributed by atoms with E-state index >= 15 is 0 Å². The summed E-state index contributed by atoms with van der Waals surface area (Å²) in [6.45, 7) is 4.48. The van der Waals surface area contributed by atoms with Gasteiger partial charge in [0.25, 0.3) is 0 Å². The number of nitrogens with one attached hydrogen (secondary N) is 1. The van der Waals surface area contributed by atoms with Crippen LogP contribution < -0.4 is 14.8 Å². The molecule has 0 aliphatic heterocycles. The van der Waals surface area contributed by atoms with E-state index in [1.54, 1.807) is 21.1 Å². The minimum absolute atomic E-state index is 0.273. The molecule has 0 amide bonds. The summed E-state index contributed by atoms with van der Waals surface area (Å²) in [6.07, 6.45) is 0.869. The second-order valence-corrected chi connectivity index (χ2v) is 4.91. The summed E-state index contributed by atoms with van der Waals surface area (Å²) < 4.78 is 15.6. The number of hydrogen-bond donors (Lipinski definition) is 1. The van der Waals surface area contributed by atoms with Crippen LogP contribution in [0, 0.1) is 6.92 Å². The Morgan fingerprint density at radius 1 is 1.24 bits per heavy atom. The van der Waals surface area contributed by atoms with Crippen LogP contribution in [0.15, 0.2) is 22.7 Å². The van der Waals surface area contributed by atoms with Crippen molar-refractivity contribution in [2.45, 2.75) is 32.9 Å². The Hall–Kier alpha value is -2.08. The molecule has 1 atom stereocenters. The third-order valence-electron chi connectivity index (χ3n) is 3.16. The van der Waals surface area contributed by atoms with Crippen LogP contribution in [0.3, 0.4) is 0 Å². The van der Waals surface area contributed by atoms with Gasteiger partial charge in [-0.3, -0.25) is 0 Å². The predicted molar refractivity (Wildman–Crippen MR) is 78.6 cm³/mol. The summed E-state index contributed by atoms with van der Waals surface area (Å²) in [5, 5.41) is 7.12. The van der Waals surface area contributed by atoms with Crippen molar-refractivity contribution in [1.82, 2.24) is 15.5 Å². The Kier molecular flexibility index (Phi) is 5.16. The fourth-order valence-corrected chi connectivity index (χ4v) is 2.11. The molecule has 1 aromatic heterocycles. The molecule has 0 fully saturated rings. The van der Waals surface area contributed by atoms with Crippen molar-refractivity contribution in [3.63, 3.8) is 0 Å². The van der Waals surface area contributed by atoms with Crippen molar-refractivity contribution in [3.8, 4) is 11.5 Å². The SMILES string of the molecule is COc1ccc(CC(C)NCc2nc(C)no2)cc1OC. The number of hydrogen-bond acceptors (Lipinski definition) is 6. The lowest BCUT2D eigenvalue weighted by atomic mass is 10.1. The lowest BCUT2D eigenvalue weighted by molar-refractivity contribution is 0.352. The van der Waals surface area contributed by atoms with E-state index in [9.17, 15) is 0 Å². The second-order valence-electron chi connectivity index (χ2n) is 4.91. The van der Waals surface area contributed by atoms with E-state index in [0.29, 0.717) is 18.3 Å². The third-order valence-corrected chi connectivity index (χ3v) is 3.16. The number of ether oxygens (including phenoxy) is 2. The summed E-state index contributed by atoms with van der Waals surface area (Å²) >= 11 is 0. The summed E-state index contributed by atoms with van der Waals surface area (Å²) in [7, 11) is 3.27. The van der Waals surface area contributed by atoms with Gasteiger partial charge in [0.1, 0.15) is 0 Å². The lowest BCUT2D eigenvalue weighted by Gasteiger charge is -2.14. The van der Waals surface area contributed by atoms with Crippen molar-refractivity contribution < 1.29 is 14.0 Å². The van der Waals surface area contributed by atoms with E-state index in [-0.39, 0.29) is 6.04 Å². The highest BCUT2D eigenvalue weighted by molar-refractivity contribution is 5.43. The second kappa shape index (κ2) is 7.08. The molecular weight excluding hydrogens is 270 g/mol. The van der Waals surface area contributed by atoms with Gasteiger partial charge in [-0.2, -0.15) is 4.98 Å². The molecule has 21 heavy (non-hydrogen) atoms. The Morgan fingerprint density at radius 3 is 2.62 bits per heavy atom. The van der Waals surface area contributed by atoms with Gasteiger partial charge in [0.05, 0.1) is 20.8 Å². The highest BCUT2D eigenvalue weighted by Crippen LogP contribution is 2.27. The third kappa shape index (κ3) is 4.19. The monoisotopic (exact) mass is 291 g/mol. The fourth-order valence-electron chi connectivity index (χ4n) is 2.11. The number of aryl methyl sites for hydroxylation is 1. The molecular formula is C15H21N3O3. The maximum absolute atomic E-state index is 5.31. The maximum Gasteiger partial charge on any atom is 0.240 e.